The molecule has 0 unspecified atom stereocenters. The summed E-state index contributed by atoms with van der Waals surface area (Å²) in [5, 5.41) is 6.14. The van der Waals surface area contributed by atoms with Crippen molar-refractivity contribution in [3.8, 4) is 44.7 Å². The fraction of sp³-hybridized carbons (Fsp3) is 0. The lowest BCUT2D eigenvalue weighted by molar-refractivity contribution is 0.631. The molecule has 0 aliphatic heterocycles. The molecule has 0 saturated heterocycles. The van der Waals surface area contributed by atoms with Crippen LogP contribution in [-0.4, -0.2) is 0 Å². The van der Waals surface area contributed by atoms with E-state index < -0.39 is 0 Å². The molecule has 1 aromatic heterocycles. The SMILES string of the molecule is c1ccc(-c2ccc(-c3ccccc3N(c3ccc(-c4ccc5c(ccc6ccccc65)c4)cc3)c3ccccc3-c3cc4ccccc4o3)cc2)cc1. The molecule has 2 heteroatoms. The Hall–Kier alpha value is -7.16. The van der Waals surface area contributed by atoms with Gasteiger partial charge in [-0.3, -0.25) is 0 Å². The van der Waals surface area contributed by atoms with Gasteiger partial charge in [-0.2, -0.15) is 0 Å². The Morgan fingerprint density at radius 3 is 1.65 bits per heavy atom. The molecule has 0 bridgehead atoms. The van der Waals surface area contributed by atoms with Gasteiger partial charge in [0.05, 0.1) is 11.4 Å². The Bertz CT molecular complexity index is 2890. The second-order valence-electron chi connectivity index (χ2n) is 13.7. The first-order valence-electron chi connectivity index (χ1n) is 18.4. The summed E-state index contributed by atoms with van der Waals surface area (Å²) >= 11 is 0. The molecule has 0 saturated carbocycles. The van der Waals surface area contributed by atoms with Crippen molar-refractivity contribution in [2.75, 3.05) is 4.90 Å². The molecule has 10 rings (SSSR count). The summed E-state index contributed by atoms with van der Waals surface area (Å²) in [6, 6.07) is 75.9. The molecule has 0 radical (unpaired) electrons. The lowest BCUT2D eigenvalue weighted by Gasteiger charge is -2.29. The van der Waals surface area contributed by atoms with Gasteiger partial charge in [-0.1, -0.05) is 164 Å². The fourth-order valence-electron chi connectivity index (χ4n) is 7.78. The molecule has 0 aliphatic rings. The van der Waals surface area contributed by atoms with Crippen LogP contribution in [0, 0.1) is 0 Å². The summed E-state index contributed by atoms with van der Waals surface area (Å²) in [7, 11) is 0. The van der Waals surface area contributed by atoms with Crippen molar-refractivity contribution in [3.63, 3.8) is 0 Å². The number of furan rings is 1. The highest BCUT2D eigenvalue weighted by molar-refractivity contribution is 6.08. The van der Waals surface area contributed by atoms with Crippen LogP contribution < -0.4 is 4.90 Å². The van der Waals surface area contributed by atoms with Crippen LogP contribution in [0.1, 0.15) is 0 Å². The molecule has 54 heavy (non-hydrogen) atoms. The maximum atomic E-state index is 6.50. The Morgan fingerprint density at radius 1 is 0.315 bits per heavy atom. The first-order chi connectivity index (χ1) is 26.8. The number of rotatable bonds is 7. The zero-order valence-electron chi connectivity index (χ0n) is 29.6. The van der Waals surface area contributed by atoms with E-state index in [-0.39, 0.29) is 0 Å². The van der Waals surface area contributed by atoms with E-state index >= 15 is 0 Å². The standard InChI is InChI=1S/C52H35NO/c1-2-12-36(13-3-1)37-22-24-40(25-23-37)47-17-7-9-19-49(47)53(50-20-10-8-18-48(50)52-35-43-15-5-11-21-51(43)54-52)44-31-28-38(29-32-44)41-30-33-46-42(34-41)27-26-39-14-4-6-16-45(39)46/h1-35H. The van der Waals surface area contributed by atoms with Gasteiger partial charge < -0.3 is 9.32 Å². The number of benzene rings is 9. The highest BCUT2D eigenvalue weighted by Gasteiger charge is 2.22. The summed E-state index contributed by atoms with van der Waals surface area (Å²) in [6.07, 6.45) is 0. The van der Waals surface area contributed by atoms with Gasteiger partial charge in [-0.25, -0.2) is 0 Å². The van der Waals surface area contributed by atoms with Gasteiger partial charge >= 0.3 is 0 Å². The van der Waals surface area contributed by atoms with Crippen molar-refractivity contribution < 1.29 is 4.42 Å². The maximum absolute atomic E-state index is 6.50. The van der Waals surface area contributed by atoms with Crippen LogP contribution in [0.3, 0.4) is 0 Å². The molecule has 10 aromatic rings. The molecule has 0 fully saturated rings. The van der Waals surface area contributed by atoms with E-state index in [0.29, 0.717) is 0 Å². The van der Waals surface area contributed by atoms with Crippen LogP contribution in [0.2, 0.25) is 0 Å². The van der Waals surface area contributed by atoms with E-state index in [0.717, 1.165) is 50.5 Å². The van der Waals surface area contributed by atoms with Crippen LogP contribution in [0.5, 0.6) is 0 Å². The monoisotopic (exact) mass is 689 g/mol. The van der Waals surface area contributed by atoms with Crippen molar-refractivity contribution in [3.05, 3.63) is 212 Å². The van der Waals surface area contributed by atoms with Crippen LogP contribution >= 0.6 is 0 Å². The van der Waals surface area contributed by atoms with Gasteiger partial charge in [-0.05, 0) is 97.9 Å². The van der Waals surface area contributed by atoms with Gasteiger partial charge in [0.25, 0.3) is 0 Å². The quantitative estimate of drug-likeness (QED) is 0.155. The van der Waals surface area contributed by atoms with Crippen molar-refractivity contribution in [2.24, 2.45) is 0 Å². The van der Waals surface area contributed by atoms with Crippen molar-refractivity contribution >= 4 is 49.6 Å². The Kier molecular flexibility index (Phi) is 7.85. The first-order valence-corrected chi connectivity index (χ1v) is 18.4. The average Bonchev–Trinajstić information content (AvgIpc) is 3.69. The molecule has 2 nitrogen and oxygen atoms in total. The van der Waals surface area contributed by atoms with Gasteiger partial charge in [0.2, 0.25) is 0 Å². The summed E-state index contributed by atoms with van der Waals surface area (Å²) in [5.74, 6) is 0.835. The molecule has 0 aliphatic carbocycles. The zero-order chi connectivity index (χ0) is 35.8. The van der Waals surface area contributed by atoms with Crippen LogP contribution in [0.15, 0.2) is 217 Å². The molecule has 0 amide bonds. The molecule has 1 heterocycles. The fourth-order valence-corrected chi connectivity index (χ4v) is 7.78. The second-order valence-corrected chi connectivity index (χ2v) is 13.7. The third-order valence-electron chi connectivity index (χ3n) is 10.5. The minimum absolute atomic E-state index is 0.835. The maximum Gasteiger partial charge on any atom is 0.137 e. The highest BCUT2D eigenvalue weighted by Crippen LogP contribution is 2.46. The molecule has 254 valence electrons. The van der Waals surface area contributed by atoms with Crippen LogP contribution in [0.25, 0.3) is 77.2 Å². The van der Waals surface area contributed by atoms with Gasteiger partial charge in [0, 0.05) is 22.2 Å². The van der Waals surface area contributed by atoms with Gasteiger partial charge in [0.15, 0.2) is 0 Å². The lowest BCUT2D eigenvalue weighted by atomic mass is 9.96. The molecule has 0 N–H and O–H groups in total. The van der Waals surface area contributed by atoms with Crippen LogP contribution in [-0.2, 0) is 0 Å². The van der Waals surface area contributed by atoms with E-state index in [2.05, 4.69) is 205 Å². The number of fused-ring (bicyclic) bond motifs is 4. The summed E-state index contributed by atoms with van der Waals surface area (Å²) in [5.41, 5.74) is 12.1. The Morgan fingerprint density at radius 2 is 0.852 bits per heavy atom. The number of nitrogens with zero attached hydrogens (tertiary/aromatic N) is 1. The number of para-hydroxylation sites is 3. The Balaban J connectivity index is 1.10. The van der Waals surface area contributed by atoms with Crippen molar-refractivity contribution in [1.82, 2.24) is 0 Å². The lowest BCUT2D eigenvalue weighted by Crippen LogP contribution is -2.12. The third kappa shape index (κ3) is 5.71. The molecule has 9 aromatic carbocycles. The number of hydrogen-bond donors (Lipinski definition) is 0. The predicted octanol–water partition coefficient (Wildman–Crippen LogP) is 14.9. The normalized spacial score (nSPS) is 11.3. The largest absolute Gasteiger partial charge is 0.456 e. The van der Waals surface area contributed by atoms with Gasteiger partial charge in [-0.15, -0.1) is 0 Å². The Labute approximate surface area is 314 Å². The second kappa shape index (κ2) is 13.4. The number of anilines is 3. The van der Waals surface area contributed by atoms with E-state index in [1.54, 1.807) is 0 Å². The number of hydrogen-bond acceptors (Lipinski definition) is 2. The summed E-state index contributed by atoms with van der Waals surface area (Å²) in [6.45, 7) is 0. The van der Waals surface area contributed by atoms with E-state index in [4.69, 9.17) is 4.42 Å². The summed E-state index contributed by atoms with van der Waals surface area (Å²) < 4.78 is 6.50. The van der Waals surface area contributed by atoms with E-state index in [1.165, 1.54) is 43.8 Å². The molecular weight excluding hydrogens is 655 g/mol. The molecular formula is C52H35NO. The topological polar surface area (TPSA) is 16.4 Å². The third-order valence-corrected chi connectivity index (χ3v) is 10.5. The van der Waals surface area contributed by atoms with Gasteiger partial charge in [0.1, 0.15) is 11.3 Å². The average molecular weight is 690 g/mol. The molecule has 0 spiro atoms. The minimum atomic E-state index is 0.835. The summed E-state index contributed by atoms with van der Waals surface area (Å²) in [4.78, 5) is 2.37. The van der Waals surface area contributed by atoms with E-state index in [1.807, 2.05) is 12.1 Å². The highest BCUT2D eigenvalue weighted by atomic mass is 16.3. The van der Waals surface area contributed by atoms with E-state index in [9.17, 15) is 0 Å². The first kappa shape index (κ1) is 31.6. The predicted molar refractivity (Wildman–Crippen MR) is 228 cm³/mol. The van der Waals surface area contributed by atoms with Crippen molar-refractivity contribution in [1.29, 1.82) is 0 Å². The van der Waals surface area contributed by atoms with Crippen LogP contribution in [0.4, 0.5) is 17.1 Å². The smallest absolute Gasteiger partial charge is 0.137 e. The van der Waals surface area contributed by atoms with Crippen molar-refractivity contribution in [2.45, 2.75) is 0 Å². The molecule has 0 atom stereocenters. The zero-order valence-corrected chi connectivity index (χ0v) is 29.6. The minimum Gasteiger partial charge on any atom is -0.456 e.